The largest absolute Gasteiger partial charge is 0.358 e. The number of carbonyl (C=O) groups excluding carboxylic acids is 1. The molecule has 2 N–H and O–H groups in total. The molecule has 0 bridgehead atoms. The Labute approximate surface area is 159 Å². The molecule has 0 aliphatic rings. The van der Waals surface area contributed by atoms with E-state index in [0.717, 1.165) is 0 Å². The van der Waals surface area contributed by atoms with Crippen molar-refractivity contribution >= 4 is 33.8 Å². The summed E-state index contributed by atoms with van der Waals surface area (Å²) in [7, 11) is 0. The van der Waals surface area contributed by atoms with Crippen LogP contribution in [0.15, 0.2) is 67.3 Å². The molecule has 3 aromatic rings. The van der Waals surface area contributed by atoms with Crippen molar-refractivity contribution in [2.24, 2.45) is 0 Å². The number of non-ortho nitro benzene ring substituents is 1. The second-order valence-electron chi connectivity index (χ2n) is 5.49. The lowest BCUT2D eigenvalue weighted by Gasteiger charge is -2.05. The lowest BCUT2D eigenvalue weighted by atomic mass is 10.1. The number of para-hydroxylation sites is 1. The van der Waals surface area contributed by atoms with Gasteiger partial charge in [0.15, 0.2) is 5.13 Å². The molecule has 136 valence electrons. The standard InChI is InChI=1S/C19H16N4O3S/c1-2-12-20-19-22-16(13-8-10-15(11-9-13)23(25)26)17(27-19)18(24)21-14-6-4-3-5-7-14/h2-11H,1,12H2,(H,20,22)(H,21,24). The molecule has 3 rings (SSSR count). The molecule has 0 aliphatic carbocycles. The lowest BCUT2D eigenvalue weighted by molar-refractivity contribution is -0.384. The molecule has 1 heterocycles. The fourth-order valence-corrected chi connectivity index (χ4v) is 3.24. The highest BCUT2D eigenvalue weighted by molar-refractivity contribution is 7.18. The number of thiazole rings is 1. The molecule has 0 aliphatic heterocycles. The normalized spacial score (nSPS) is 10.2. The van der Waals surface area contributed by atoms with Gasteiger partial charge in [0.1, 0.15) is 4.88 Å². The Morgan fingerprint density at radius 1 is 1.19 bits per heavy atom. The SMILES string of the molecule is C=CCNc1nc(-c2ccc([N+](=O)[O-])cc2)c(C(=O)Nc2ccccc2)s1. The number of nitrogens with zero attached hydrogens (tertiary/aromatic N) is 2. The first-order valence-corrected chi connectivity index (χ1v) is 8.87. The Morgan fingerprint density at radius 3 is 2.52 bits per heavy atom. The van der Waals surface area contributed by atoms with Crippen LogP contribution in [-0.2, 0) is 0 Å². The van der Waals surface area contributed by atoms with E-state index in [4.69, 9.17) is 0 Å². The second-order valence-corrected chi connectivity index (χ2v) is 6.49. The van der Waals surface area contributed by atoms with E-state index in [1.807, 2.05) is 18.2 Å². The zero-order valence-electron chi connectivity index (χ0n) is 14.2. The predicted octanol–water partition coefficient (Wildman–Crippen LogP) is 4.57. The fraction of sp³-hybridized carbons (Fsp3) is 0.0526. The maximum atomic E-state index is 12.8. The minimum atomic E-state index is -0.467. The summed E-state index contributed by atoms with van der Waals surface area (Å²) in [4.78, 5) is 28.1. The molecule has 1 amide bonds. The quantitative estimate of drug-likeness (QED) is 0.355. The number of nitro benzene ring substituents is 1. The van der Waals surface area contributed by atoms with Crippen LogP contribution in [0.5, 0.6) is 0 Å². The number of anilines is 2. The van der Waals surface area contributed by atoms with Gasteiger partial charge in [-0.1, -0.05) is 35.6 Å². The number of nitrogens with one attached hydrogen (secondary N) is 2. The van der Waals surface area contributed by atoms with Gasteiger partial charge >= 0.3 is 0 Å². The highest BCUT2D eigenvalue weighted by Gasteiger charge is 2.20. The molecule has 2 aromatic carbocycles. The van der Waals surface area contributed by atoms with Crippen LogP contribution in [0.3, 0.4) is 0 Å². The van der Waals surface area contributed by atoms with E-state index in [9.17, 15) is 14.9 Å². The summed E-state index contributed by atoms with van der Waals surface area (Å²) in [5, 5.41) is 17.3. The van der Waals surface area contributed by atoms with Crippen LogP contribution in [-0.4, -0.2) is 22.4 Å². The van der Waals surface area contributed by atoms with E-state index in [-0.39, 0.29) is 11.6 Å². The van der Waals surface area contributed by atoms with E-state index < -0.39 is 4.92 Å². The minimum absolute atomic E-state index is 0.0192. The van der Waals surface area contributed by atoms with Gasteiger partial charge in [-0.25, -0.2) is 4.98 Å². The smallest absolute Gasteiger partial charge is 0.269 e. The number of nitro groups is 1. The van der Waals surface area contributed by atoms with Gasteiger partial charge < -0.3 is 10.6 Å². The van der Waals surface area contributed by atoms with Crippen molar-refractivity contribution in [2.45, 2.75) is 0 Å². The van der Waals surface area contributed by atoms with Gasteiger partial charge in [-0.15, -0.1) is 6.58 Å². The molecule has 0 spiro atoms. The molecule has 0 saturated carbocycles. The van der Waals surface area contributed by atoms with Gasteiger partial charge in [-0.3, -0.25) is 14.9 Å². The molecule has 27 heavy (non-hydrogen) atoms. The summed E-state index contributed by atoms with van der Waals surface area (Å²) in [5.41, 5.74) is 1.75. The van der Waals surface area contributed by atoms with Gasteiger partial charge in [0.2, 0.25) is 0 Å². The van der Waals surface area contributed by atoms with Crippen molar-refractivity contribution in [3.05, 3.63) is 82.2 Å². The number of amides is 1. The number of hydrogen-bond acceptors (Lipinski definition) is 6. The van der Waals surface area contributed by atoms with E-state index in [1.165, 1.54) is 23.5 Å². The van der Waals surface area contributed by atoms with Crippen LogP contribution in [0.1, 0.15) is 9.67 Å². The summed E-state index contributed by atoms with van der Waals surface area (Å²) in [6.07, 6.45) is 1.69. The molecule has 0 saturated heterocycles. The summed E-state index contributed by atoms with van der Waals surface area (Å²) in [6.45, 7) is 4.16. The van der Waals surface area contributed by atoms with Gasteiger partial charge in [0.25, 0.3) is 11.6 Å². The molecular weight excluding hydrogens is 364 g/mol. The Bertz CT molecular complexity index is 968. The zero-order valence-corrected chi connectivity index (χ0v) is 15.0. The van der Waals surface area contributed by atoms with E-state index in [2.05, 4.69) is 22.2 Å². The molecule has 0 radical (unpaired) electrons. The topological polar surface area (TPSA) is 97.2 Å². The summed E-state index contributed by atoms with van der Waals surface area (Å²) in [6, 6.07) is 15.1. The Hall–Kier alpha value is -3.52. The highest BCUT2D eigenvalue weighted by Crippen LogP contribution is 2.32. The molecule has 0 fully saturated rings. The first-order valence-electron chi connectivity index (χ1n) is 8.05. The van der Waals surface area contributed by atoms with Crippen LogP contribution in [0.25, 0.3) is 11.3 Å². The monoisotopic (exact) mass is 380 g/mol. The van der Waals surface area contributed by atoms with Crippen LogP contribution >= 0.6 is 11.3 Å². The fourth-order valence-electron chi connectivity index (χ4n) is 2.36. The molecule has 7 nitrogen and oxygen atoms in total. The third-order valence-electron chi connectivity index (χ3n) is 3.61. The van der Waals surface area contributed by atoms with Crippen LogP contribution < -0.4 is 10.6 Å². The van der Waals surface area contributed by atoms with Crippen molar-refractivity contribution in [1.29, 1.82) is 0 Å². The van der Waals surface area contributed by atoms with E-state index in [1.54, 1.807) is 30.3 Å². The third-order valence-corrected chi connectivity index (χ3v) is 4.63. The zero-order chi connectivity index (χ0) is 19.2. The van der Waals surface area contributed by atoms with Gasteiger partial charge in [-0.2, -0.15) is 0 Å². The molecule has 0 unspecified atom stereocenters. The number of aromatic nitrogens is 1. The summed E-state index contributed by atoms with van der Waals surface area (Å²) in [5.74, 6) is -0.293. The maximum absolute atomic E-state index is 12.8. The predicted molar refractivity (Wildman–Crippen MR) is 107 cm³/mol. The van der Waals surface area contributed by atoms with Crippen molar-refractivity contribution in [2.75, 3.05) is 17.2 Å². The Balaban J connectivity index is 1.95. The Kier molecular flexibility index (Phi) is 5.58. The number of carbonyl (C=O) groups is 1. The first-order chi connectivity index (χ1) is 13.1. The summed E-state index contributed by atoms with van der Waals surface area (Å²) < 4.78 is 0. The number of hydrogen-bond donors (Lipinski definition) is 2. The number of benzene rings is 2. The molecule has 8 heteroatoms. The summed E-state index contributed by atoms with van der Waals surface area (Å²) >= 11 is 1.22. The minimum Gasteiger partial charge on any atom is -0.358 e. The van der Waals surface area contributed by atoms with Crippen LogP contribution in [0.2, 0.25) is 0 Å². The van der Waals surface area contributed by atoms with E-state index in [0.29, 0.717) is 33.5 Å². The second kappa shape index (κ2) is 8.24. The van der Waals surface area contributed by atoms with Crippen molar-refractivity contribution in [1.82, 2.24) is 4.98 Å². The first kappa shape index (κ1) is 18.3. The molecule has 1 aromatic heterocycles. The lowest BCUT2D eigenvalue weighted by Crippen LogP contribution is -2.11. The van der Waals surface area contributed by atoms with Crippen LogP contribution in [0.4, 0.5) is 16.5 Å². The van der Waals surface area contributed by atoms with Crippen molar-refractivity contribution < 1.29 is 9.72 Å². The molecule has 0 atom stereocenters. The van der Waals surface area contributed by atoms with Gasteiger partial charge in [-0.05, 0) is 24.3 Å². The number of rotatable bonds is 7. The average molecular weight is 380 g/mol. The van der Waals surface area contributed by atoms with Crippen molar-refractivity contribution in [3.8, 4) is 11.3 Å². The average Bonchev–Trinajstić information content (AvgIpc) is 3.11. The van der Waals surface area contributed by atoms with Crippen LogP contribution in [0, 0.1) is 10.1 Å². The molecular formula is C19H16N4O3S. The van der Waals surface area contributed by atoms with Gasteiger partial charge in [0.05, 0.1) is 10.6 Å². The highest BCUT2D eigenvalue weighted by atomic mass is 32.1. The van der Waals surface area contributed by atoms with Crippen molar-refractivity contribution in [3.63, 3.8) is 0 Å². The van der Waals surface area contributed by atoms with Gasteiger partial charge in [0, 0.05) is 29.9 Å². The van der Waals surface area contributed by atoms with E-state index >= 15 is 0 Å². The maximum Gasteiger partial charge on any atom is 0.269 e. The Morgan fingerprint density at radius 2 is 1.89 bits per heavy atom. The third kappa shape index (κ3) is 4.36.